The lowest BCUT2D eigenvalue weighted by Crippen LogP contribution is -2.15. The van der Waals surface area contributed by atoms with E-state index in [2.05, 4.69) is 32.8 Å². The van der Waals surface area contributed by atoms with Crippen molar-refractivity contribution in [1.82, 2.24) is 19.6 Å². The van der Waals surface area contributed by atoms with Gasteiger partial charge in [-0.2, -0.15) is 10.2 Å². The van der Waals surface area contributed by atoms with Crippen molar-refractivity contribution in [3.05, 3.63) is 27.2 Å². The zero-order valence-electron chi connectivity index (χ0n) is 8.81. The van der Waals surface area contributed by atoms with Gasteiger partial charge >= 0.3 is 0 Å². The van der Waals surface area contributed by atoms with Gasteiger partial charge in [0, 0.05) is 13.2 Å². The Morgan fingerprint density at radius 1 is 1.56 bits per heavy atom. The monoisotopic (exact) mass is 347 g/mol. The molecule has 0 atom stereocenters. The van der Waals surface area contributed by atoms with E-state index in [4.69, 9.17) is 18.0 Å². The van der Waals surface area contributed by atoms with Gasteiger partial charge in [0.25, 0.3) is 0 Å². The van der Waals surface area contributed by atoms with Gasteiger partial charge in [0.1, 0.15) is 4.99 Å². The van der Waals surface area contributed by atoms with E-state index >= 15 is 0 Å². The number of hydrogen-bond donors (Lipinski definition) is 1. The summed E-state index contributed by atoms with van der Waals surface area (Å²) in [5, 5.41) is 8.54. The quantitative estimate of drug-likeness (QED) is 0.654. The molecule has 2 aromatic rings. The van der Waals surface area contributed by atoms with Crippen LogP contribution in [0, 0.1) is 10.5 Å². The lowest BCUT2D eigenvalue weighted by atomic mass is 10.2. The van der Waals surface area contributed by atoms with Crippen LogP contribution in [0.2, 0.25) is 0 Å². The molecule has 0 spiro atoms. The Balaban J connectivity index is 2.68. The first-order valence-corrected chi connectivity index (χ1v) is 6.03. The molecular formula is C9H10IN5S. The number of aromatic nitrogens is 4. The van der Waals surface area contributed by atoms with Crippen LogP contribution in [-0.2, 0) is 7.05 Å². The first-order valence-electron chi connectivity index (χ1n) is 4.54. The molecule has 0 bridgehead atoms. The van der Waals surface area contributed by atoms with Crippen LogP contribution in [0.4, 0.5) is 0 Å². The van der Waals surface area contributed by atoms with Crippen molar-refractivity contribution in [2.75, 3.05) is 0 Å². The van der Waals surface area contributed by atoms with Gasteiger partial charge in [0.05, 0.1) is 21.0 Å². The number of thiocarbonyl (C=S) groups is 1. The zero-order valence-corrected chi connectivity index (χ0v) is 11.8. The normalized spacial score (nSPS) is 10.7. The topological polar surface area (TPSA) is 61.7 Å². The van der Waals surface area contributed by atoms with Crippen LogP contribution < -0.4 is 5.73 Å². The SMILES string of the molecule is Cc1nn(C)c(-n2cc(I)cn2)c1C(N)=S. The van der Waals surface area contributed by atoms with E-state index in [1.807, 2.05) is 20.2 Å². The second-order valence-electron chi connectivity index (χ2n) is 3.37. The maximum Gasteiger partial charge on any atom is 0.162 e. The number of halogens is 1. The molecule has 0 aliphatic rings. The van der Waals surface area contributed by atoms with Crippen molar-refractivity contribution in [3.63, 3.8) is 0 Å². The van der Waals surface area contributed by atoms with Gasteiger partial charge < -0.3 is 5.73 Å². The lowest BCUT2D eigenvalue weighted by Gasteiger charge is -2.04. The molecule has 0 aliphatic carbocycles. The van der Waals surface area contributed by atoms with Gasteiger partial charge in [-0.15, -0.1) is 0 Å². The summed E-state index contributed by atoms with van der Waals surface area (Å²) in [6, 6.07) is 0. The molecule has 0 unspecified atom stereocenters. The molecule has 0 saturated carbocycles. The summed E-state index contributed by atoms with van der Waals surface area (Å²) in [5.74, 6) is 0.799. The van der Waals surface area contributed by atoms with E-state index in [1.165, 1.54) is 0 Å². The Bertz CT molecular complexity index is 556. The fourth-order valence-corrected chi connectivity index (χ4v) is 2.24. The van der Waals surface area contributed by atoms with Crippen molar-refractivity contribution in [2.24, 2.45) is 12.8 Å². The average molecular weight is 347 g/mol. The molecule has 0 aromatic carbocycles. The molecule has 84 valence electrons. The highest BCUT2D eigenvalue weighted by atomic mass is 127. The zero-order chi connectivity index (χ0) is 11.9. The molecular weight excluding hydrogens is 337 g/mol. The van der Waals surface area contributed by atoms with Crippen LogP contribution in [0.5, 0.6) is 0 Å². The fraction of sp³-hybridized carbons (Fsp3) is 0.222. The Kier molecular flexibility index (Phi) is 2.98. The summed E-state index contributed by atoms with van der Waals surface area (Å²) < 4.78 is 4.51. The summed E-state index contributed by atoms with van der Waals surface area (Å²) >= 11 is 7.24. The van der Waals surface area contributed by atoms with Gasteiger partial charge in [0.2, 0.25) is 0 Å². The second-order valence-corrected chi connectivity index (χ2v) is 5.06. The van der Waals surface area contributed by atoms with E-state index < -0.39 is 0 Å². The Morgan fingerprint density at radius 3 is 2.75 bits per heavy atom. The van der Waals surface area contributed by atoms with Gasteiger partial charge in [-0.1, -0.05) is 12.2 Å². The number of hydrogen-bond acceptors (Lipinski definition) is 3. The molecule has 2 N–H and O–H groups in total. The van der Waals surface area contributed by atoms with Crippen LogP contribution in [0.25, 0.3) is 5.82 Å². The highest BCUT2D eigenvalue weighted by Crippen LogP contribution is 2.18. The maximum absolute atomic E-state index is 5.71. The summed E-state index contributed by atoms with van der Waals surface area (Å²) in [5.41, 5.74) is 7.30. The van der Waals surface area contributed by atoms with Crippen molar-refractivity contribution in [1.29, 1.82) is 0 Å². The molecule has 2 heterocycles. The summed E-state index contributed by atoms with van der Waals surface area (Å²) in [7, 11) is 1.85. The van der Waals surface area contributed by atoms with Crippen molar-refractivity contribution >= 4 is 39.8 Å². The van der Waals surface area contributed by atoms with Gasteiger partial charge in [0.15, 0.2) is 5.82 Å². The number of nitrogens with zero attached hydrogens (tertiary/aromatic N) is 4. The van der Waals surface area contributed by atoms with Crippen molar-refractivity contribution in [2.45, 2.75) is 6.92 Å². The minimum atomic E-state index is 0.339. The summed E-state index contributed by atoms with van der Waals surface area (Å²) in [4.78, 5) is 0.339. The smallest absolute Gasteiger partial charge is 0.162 e. The number of nitrogens with two attached hydrogens (primary N) is 1. The highest BCUT2D eigenvalue weighted by molar-refractivity contribution is 14.1. The van der Waals surface area contributed by atoms with Gasteiger partial charge in [-0.25, -0.2) is 4.68 Å². The summed E-state index contributed by atoms with van der Waals surface area (Å²) in [6.07, 6.45) is 3.67. The first-order chi connectivity index (χ1) is 7.50. The molecule has 0 aliphatic heterocycles. The third kappa shape index (κ3) is 1.84. The molecule has 0 radical (unpaired) electrons. The second kappa shape index (κ2) is 4.13. The highest BCUT2D eigenvalue weighted by Gasteiger charge is 2.17. The largest absolute Gasteiger partial charge is 0.389 e. The van der Waals surface area contributed by atoms with Crippen LogP contribution in [0.15, 0.2) is 12.4 Å². The van der Waals surface area contributed by atoms with Crippen LogP contribution >= 0.6 is 34.8 Å². The van der Waals surface area contributed by atoms with Crippen molar-refractivity contribution in [3.8, 4) is 5.82 Å². The molecule has 2 rings (SSSR count). The third-order valence-corrected chi connectivity index (χ3v) is 2.97. The van der Waals surface area contributed by atoms with Crippen LogP contribution in [0.3, 0.4) is 0 Å². The maximum atomic E-state index is 5.71. The van der Waals surface area contributed by atoms with Crippen molar-refractivity contribution < 1.29 is 0 Å². The first kappa shape index (κ1) is 11.5. The minimum Gasteiger partial charge on any atom is -0.389 e. The summed E-state index contributed by atoms with van der Waals surface area (Å²) in [6.45, 7) is 1.88. The molecule has 16 heavy (non-hydrogen) atoms. The van der Waals surface area contributed by atoms with E-state index in [0.29, 0.717) is 4.99 Å². The standard InChI is InChI=1S/C9H10IN5S/c1-5-7(8(11)16)9(14(2)13-5)15-4-6(10)3-12-15/h3-4H,1-2H3,(H2,11,16). The van der Waals surface area contributed by atoms with E-state index in [-0.39, 0.29) is 0 Å². The Labute approximate surface area is 112 Å². The van der Waals surface area contributed by atoms with E-state index in [9.17, 15) is 0 Å². The predicted molar refractivity (Wildman–Crippen MR) is 73.7 cm³/mol. The Hall–Kier alpha value is -0.960. The minimum absolute atomic E-state index is 0.339. The number of rotatable bonds is 2. The van der Waals surface area contributed by atoms with Crippen LogP contribution in [-0.4, -0.2) is 24.5 Å². The van der Waals surface area contributed by atoms with Crippen LogP contribution in [0.1, 0.15) is 11.3 Å². The Morgan fingerprint density at radius 2 is 2.25 bits per heavy atom. The van der Waals surface area contributed by atoms with E-state index in [0.717, 1.165) is 20.6 Å². The number of aryl methyl sites for hydroxylation is 2. The fourth-order valence-electron chi connectivity index (χ4n) is 1.61. The molecule has 0 amide bonds. The molecule has 0 saturated heterocycles. The van der Waals surface area contributed by atoms with Gasteiger partial charge in [-0.05, 0) is 29.5 Å². The van der Waals surface area contributed by atoms with E-state index in [1.54, 1.807) is 15.6 Å². The molecule has 7 heteroatoms. The molecule has 2 aromatic heterocycles. The molecule has 5 nitrogen and oxygen atoms in total. The molecule has 0 fully saturated rings. The predicted octanol–water partition coefficient (Wildman–Crippen LogP) is 1.15. The lowest BCUT2D eigenvalue weighted by molar-refractivity contribution is 0.693. The third-order valence-electron chi connectivity index (χ3n) is 2.21. The van der Waals surface area contributed by atoms with Gasteiger partial charge in [-0.3, -0.25) is 4.68 Å². The average Bonchev–Trinajstić information content (AvgIpc) is 2.69.